The lowest BCUT2D eigenvalue weighted by Crippen LogP contribution is -2.11. The average molecular weight is 228 g/mol. The second kappa shape index (κ2) is 3.82. The lowest BCUT2D eigenvalue weighted by atomic mass is 10.2. The molecule has 0 unspecified atom stereocenters. The van der Waals surface area contributed by atoms with Crippen molar-refractivity contribution in [3.05, 3.63) is 29.8 Å². The molecule has 0 aliphatic rings. The molecule has 0 saturated carbocycles. The number of hydrogen-bond acceptors (Lipinski definition) is 4. The van der Waals surface area contributed by atoms with Gasteiger partial charge in [-0.15, -0.1) is 0 Å². The van der Waals surface area contributed by atoms with E-state index in [1.807, 2.05) is 0 Å². The van der Waals surface area contributed by atoms with E-state index in [-0.39, 0.29) is 10.5 Å². The van der Waals surface area contributed by atoms with Crippen LogP contribution in [0.3, 0.4) is 0 Å². The molecule has 0 heterocycles. The standard InChI is InChI=1S/C9H8O5S/c1-6(10)15(13,14)8-4-2-7(3-5-8)9(11)12/h2-5H,1H3,(H,11,12). The summed E-state index contributed by atoms with van der Waals surface area (Å²) in [5, 5.41) is 7.60. The van der Waals surface area contributed by atoms with Gasteiger partial charge in [0.15, 0.2) is 0 Å². The molecule has 1 aromatic rings. The molecule has 1 aromatic carbocycles. The van der Waals surface area contributed by atoms with Gasteiger partial charge in [-0.3, -0.25) is 4.79 Å². The van der Waals surface area contributed by atoms with Crippen molar-refractivity contribution >= 4 is 20.9 Å². The third-order valence-corrected chi connectivity index (χ3v) is 3.44. The summed E-state index contributed by atoms with van der Waals surface area (Å²) in [7, 11) is -3.95. The Bertz CT molecular complexity index is 498. The van der Waals surface area contributed by atoms with Gasteiger partial charge >= 0.3 is 5.97 Å². The Hall–Kier alpha value is -1.69. The monoisotopic (exact) mass is 228 g/mol. The number of carboxylic acid groups (broad SMARTS) is 1. The molecule has 1 rings (SSSR count). The second-order valence-corrected chi connectivity index (χ2v) is 4.88. The first-order valence-corrected chi connectivity index (χ1v) is 5.43. The summed E-state index contributed by atoms with van der Waals surface area (Å²) in [5.41, 5.74) is -0.0301. The highest BCUT2D eigenvalue weighted by Gasteiger charge is 2.20. The minimum absolute atomic E-state index is 0.0301. The van der Waals surface area contributed by atoms with Crippen molar-refractivity contribution in [1.29, 1.82) is 0 Å². The maximum absolute atomic E-state index is 11.3. The summed E-state index contributed by atoms with van der Waals surface area (Å²) in [6.45, 7) is 0.945. The van der Waals surface area contributed by atoms with Crippen molar-refractivity contribution in [1.82, 2.24) is 0 Å². The number of hydrogen-bond donors (Lipinski definition) is 1. The summed E-state index contributed by atoms with van der Waals surface area (Å²) in [4.78, 5) is 21.1. The van der Waals surface area contributed by atoms with Crippen molar-refractivity contribution in [3.8, 4) is 0 Å². The van der Waals surface area contributed by atoms with Crippen LogP contribution in [-0.2, 0) is 14.6 Å². The van der Waals surface area contributed by atoms with E-state index in [9.17, 15) is 18.0 Å². The summed E-state index contributed by atoms with van der Waals surface area (Å²) in [6, 6.07) is 4.47. The number of benzene rings is 1. The van der Waals surface area contributed by atoms with Gasteiger partial charge < -0.3 is 5.11 Å². The summed E-state index contributed by atoms with van der Waals surface area (Å²) < 4.78 is 22.6. The van der Waals surface area contributed by atoms with Gasteiger partial charge in [0, 0.05) is 6.92 Å². The Kier molecular flexibility index (Phi) is 2.90. The third-order valence-electron chi connectivity index (χ3n) is 1.79. The Labute approximate surface area is 86.3 Å². The Balaban J connectivity index is 3.21. The minimum atomic E-state index is -3.95. The molecule has 0 aliphatic heterocycles. The van der Waals surface area contributed by atoms with Crippen LogP contribution in [0.15, 0.2) is 29.2 Å². The van der Waals surface area contributed by atoms with E-state index in [1.165, 1.54) is 0 Å². The highest BCUT2D eigenvalue weighted by Crippen LogP contribution is 2.12. The van der Waals surface area contributed by atoms with Crippen molar-refractivity contribution < 1.29 is 23.1 Å². The second-order valence-electron chi connectivity index (χ2n) is 2.82. The first kappa shape index (κ1) is 11.4. The summed E-state index contributed by atoms with van der Waals surface area (Å²) in [5.74, 6) is -1.15. The van der Waals surface area contributed by atoms with Crippen LogP contribution in [0, 0.1) is 0 Å². The number of sulfone groups is 1. The molecular weight excluding hydrogens is 220 g/mol. The van der Waals surface area contributed by atoms with Crippen LogP contribution < -0.4 is 0 Å². The van der Waals surface area contributed by atoms with Gasteiger partial charge in [0.25, 0.3) is 0 Å². The maximum Gasteiger partial charge on any atom is 0.335 e. The molecular formula is C9H8O5S. The van der Waals surface area contributed by atoms with Gasteiger partial charge in [0.2, 0.25) is 15.0 Å². The lowest BCUT2D eigenvalue weighted by Gasteiger charge is -2.00. The summed E-state index contributed by atoms with van der Waals surface area (Å²) >= 11 is 0. The van der Waals surface area contributed by atoms with Crippen LogP contribution in [0.25, 0.3) is 0 Å². The van der Waals surface area contributed by atoms with E-state index in [1.54, 1.807) is 0 Å². The van der Waals surface area contributed by atoms with Crippen molar-refractivity contribution in [2.75, 3.05) is 0 Å². The first-order chi connectivity index (χ1) is 6.85. The van der Waals surface area contributed by atoms with Crippen LogP contribution in [0.5, 0.6) is 0 Å². The maximum atomic E-state index is 11.3. The highest BCUT2D eigenvalue weighted by atomic mass is 32.2. The zero-order valence-electron chi connectivity index (χ0n) is 7.80. The van der Waals surface area contributed by atoms with E-state index < -0.39 is 20.9 Å². The van der Waals surface area contributed by atoms with Crippen molar-refractivity contribution in [3.63, 3.8) is 0 Å². The molecule has 0 atom stereocenters. The molecule has 0 radical (unpaired) electrons. The van der Waals surface area contributed by atoms with Gasteiger partial charge in [-0.25, -0.2) is 13.2 Å². The van der Waals surface area contributed by atoms with E-state index in [2.05, 4.69) is 0 Å². The molecule has 6 heteroatoms. The van der Waals surface area contributed by atoms with Crippen molar-refractivity contribution in [2.45, 2.75) is 11.8 Å². The fraction of sp³-hybridized carbons (Fsp3) is 0.111. The zero-order chi connectivity index (χ0) is 11.6. The van der Waals surface area contributed by atoms with E-state index in [0.29, 0.717) is 0 Å². The average Bonchev–Trinajstić information content (AvgIpc) is 2.17. The fourth-order valence-corrected chi connectivity index (χ4v) is 1.77. The van der Waals surface area contributed by atoms with Crippen LogP contribution in [0.4, 0.5) is 0 Å². The predicted octanol–water partition coefficient (Wildman–Crippen LogP) is 0.705. The summed E-state index contributed by atoms with van der Waals surface area (Å²) in [6.07, 6.45) is 0. The molecule has 0 aliphatic carbocycles. The normalized spacial score (nSPS) is 11.0. The van der Waals surface area contributed by atoms with Crippen LogP contribution in [0.2, 0.25) is 0 Å². The predicted molar refractivity (Wildman–Crippen MR) is 51.3 cm³/mol. The van der Waals surface area contributed by atoms with Crippen LogP contribution in [0.1, 0.15) is 17.3 Å². The van der Waals surface area contributed by atoms with E-state index in [4.69, 9.17) is 5.11 Å². The first-order valence-electron chi connectivity index (χ1n) is 3.94. The van der Waals surface area contributed by atoms with Crippen LogP contribution >= 0.6 is 0 Å². The molecule has 0 aromatic heterocycles. The zero-order valence-corrected chi connectivity index (χ0v) is 8.61. The Morgan fingerprint density at radius 2 is 1.60 bits per heavy atom. The van der Waals surface area contributed by atoms with Gasteiger partial charge in [-0.05, 0) is 24.3 Å². The molecule has 0 amide bonds. The van der Waals surface area contributed by atoms with Gasteiger partial charge in [-0.1, -0.05) is 0 Å². The molecule has 1 N–H and O–H groups in total. The largest absolute Gasteiger partial charge is 0.478 e. The topological polar surface area (TPSA) is 88.5 Å². The number of carboxylic acids is 1. The quantitative estimate of drug-likeness (QED) is 0.805. The van der Waals surface area contributed by atoms with Gasteiger partial charge in [-0.2, -0.15) is 0 Å². The molecule has 0 fully saturated rings. The Morgan fingerprint density at radius 3 is 1.93 bits per heavy atom. The van der Waals surface area contributed by atoms with E-state index in [0.717, 1.165) is 31.2 Å². The lowest BCUT2D eigenvalue weighted by molar-refractivity contribution is -0.109. The van der Waals surface area contributed by atoms with E-state index >= 15 is 0 Å². The Morgan fingerprint density at radius 1 is 1.13 bits per heavy atom. The molecule has 0 saturated heterocycles. The molecule has 5 nitrogen and oxygen atoms in total. The molecule has 15 heavy (non-hydrogen) atoms. The molecule has 0 bridgehead atoms. The number of aromatic carboxylic acids is 1. The highest BCUT2D eigenvalue weighted by molar-refractivity contribution is 8.06. The number of carbonyl (C=O) groups excluding carboxylic acids is 1. The van der Waals surface area contributed by atoms with Gasteiger partial charge in [0.05, 0.1) is 10.5 Å². The number of rotatable bonds is 2. The number of carbonyl (C=O) groups is 2. The van der Waals surface area contributed by atoms with Gasteiger partial charge in [0.1, 0.15) is 0 Å². The molecule has 80 valence electrons. The molecule has 0 spiro atoms. The minimum Gasteiger partial charge on any atom is -0.478 e. The smallest absolute Gasteiger partial charge is 0.335 e. The fourth-order valence-electron chi connectivity index (χ4n) is 0.943. The van der Waals surface area contributed by atoms with Crippen LogP contribution in [-0.4, -0.2) is 24.6 Å². The van der Waals surface area contributed by atoms with Crippen molar-refractivity contribution in [2.24, 2.45) is 0 Å². The third kappa shape index (κ3) is 2.21. The SMILES string of the molecule is CC(=O)S(=O)(=O)c1ccc(C(=O)O)cc1.